The number of carbonyl (C=O) groups is 1. The van der Waals surface area contributed by atoms with Crippen molar-refractivity contribution in [3.05, 3.63) is 69.8 Å². The molecule has 1 aliphatic heterocycles. The monoisotopic (exact) mass is 444 g/mol. The van der Waals surface area contributed by atoms with Gasteiger partial charge in [0.2, 0.25) is 0 Å². The number of pyridine rings is 1. The molecule has 0 unspecified atom stereocenters. The topological polar surface area (TPSA) is 98.0 Å². The average Bonchev–Trinajstić information content (AvgIpc) is 3.23. The van der Waals surface area contributed by atoms with Crippen LogP contribution in [-0.2, 0) is 0 Å². The number of likely N-dealkylation sites (N-methyl/N-ethyl adjacent to an activating group) is 1. The summed E-state index contributed by atoms with van der Waals surface area (Å²) in [5.74, 6) is 0.382. The third-order valence-electron chi connectivity index (χ3n) is 6.45. The molecule has 4 rings (SSSR count). The van der Waals surface area contributed by atoms with Crippen LogP contribution in [0, 0.1) is 18.3 Å². The van der Waals surface area contributed by atoms with Crippen LogP contribution in [0.2, 0.25) is 0 Å². The molecule has 1 amide bonds. The first kappa shape index (κ1) is 22.5. The van der Waals surface area contributed by atoms with Gasteiger partial charge < -0.3 is 9.80 Å². The maximum absolute atomic E-state index is 13.0. The van der Waals surface area contributed by atoms with Gasteiger partial charge in [0.25, 0.3) is 11.5 Å². The van der Waals surface area contributed by atoms with Crippen molar-refractivity contribution >= 4 is 5.91 Å². The molecular formula is C25H28N6O2. The third kappa shape index (κ3) is 4.45. The number of rotatable bonds is 5. The van der Waals surface area contributed by atoms with E-state index in [1.54, 1.807) is 36.5 Å². The van der Waals surface area contributed by atoms with Gasteiger partial charge in [-0.3, -0.25) is 14.7 Å². The number of amides is 1. The molecule has 0 saturated carbocycles. The van der Waals surface area contributed by atoms with Gasteiger partial charge in [-0.05, 0) is 68.8 Å². The minimum absolute atomic E-state index is 0.0315. The Morgan fingerprint density at radius 1 is 1.30 bits per heavy atom. The first-order chi connectivity index (χ1) is 15.9. The smallest absolute Gasteiger partial charge is 0.280 e. The predicted molar refractivity (Wildman–Crippen MR) is 126 cm³/mol. The Hall–Kier alpha value is -3.70. The summed E-state index contributed by atoms with van der Waals surface area (Å²) in [5.41, 5.74) is 2.93. The van der Waals surface area contributed by atoms with Crippen molar-refractivity contribution < 1.29 is 4.79 Å². The van der Waals surface area contributed by atoms with Crippen LogP contribution in [-0.4, -0.2) is 63.2 Å². The Balaban J connectivity index is 1.54. The Morgan fingerprint density at radius 2 is 2.12 bits per heavy atom. The lowest BCUT2D eigenvalue weighted by molar-refractivity contribution is 0.0615. The maximum Gasteiger partial charge on any atom is 0.280 e. The van der Waals surface area contributed by atoms with Crippen LogP contribution in [0.15, 0.2) is 47.5 Å². The van der Waals surface area contributed by atoms with Gasteiger partial charge in [-0.25, -0.2) is 9.67 Å². The number of nitrogens with zero attached hydrogens (tertiary/aromatic N) is 5. The Bertz CT molecular complexity index is 1250. The summed E-state index contributed by atoms with van der Waals surface area (Å²) in [6, 6.07) is 11.1. The number of carbonyl (C=O) groups excluding carboxylic acids is 1. The number of piperidine rings is 1. The number of nitrogens with one attached hydrogen (secondary N) is 1. The summed E-state index contributed by atoms with van der Waals surface area (Å²) >= 11 is 0. The van der Waals surface area contributed by atoms with E-state index in [2.05, 4.69) is 35.0 Å². The van der Waals surface area contributed by atoms with Crippen molar-refractivity contribution in [2.75, 3.05) is 26.7 Å². The fraction of sp³-hybridized carbons (Fsp3) is 0.360. The molecule has 1 atom stereocenters. The van der Waals surface area contributed by atoms with Gasteiger partial charge in [0.15, 0.2) is 5.82 Å². The van der Waals surface area contributed by atoms with E-state index in [1.165, 1.54) is 10.9 Å². The highest BCUT2D eigenvalue weighted by Gasteiger charge is 2.26. The first-order valence-electron chi connectivity index (χ1n) is 11.2. The van der Waals surface area contributed by atoms with E-state index >= 15 is 0 Å². The lowest BCUT2D eigenvalue weighted by Crippen LogP contribution is -2.48. The second-order valence-corrected chi connectivity index (χ2v) is 8.49. The van der Waals surface area contributed by atoms with E-state index in [0.29, 0.717) is 35.1 Å². The van der Waals surface area contributed by atoms with Crippen LogP contribution in [0.1, 0.15) is 41.3 Å². The normalized spacial score (nSPS) is 16.1. The van der Waals surface area contributed by atoms with Gasteiger partial charge in [-0.2, -0.15) is 5.26 Å². The summed E-state index contributed by atoms with van der Waals surface area (Å²) in [5, 5.41) is 12.0. The molecule has 8 nitrogen and oxygen atoms in total. The van der Waals surface area contributed by atoms with Crippen molar-refractivity contribution in [2.45, 2.75) is 32.7 Å². The molecule has 33 heavy (non-hydrogen) atoms. The van der Waals surface area contributed by atoms with Crippen LogP contribution < -0.4 is 5.56 Å². The molecular weight excluding hydrogens is 416 g/mol. The summed E-state index contributed by atoms with van der Waals surface area (Å²) in [6.45, 7) is 6.42. The predicted octanol–water partition coefficient (Wildman–Crippen LogP) is 2.96. The number of H-pyrrole nitrogens is 1. The molecule has 8 heteroatoms. The van der Waals surface area contributed by atoms with E-state index in [9.17, 15) is 9.59 Å². The molecule has 1 saturated heterocycles. The van der Waals surface area contributed by atoms with Gasteiger partial charge >= 0.3 is 0 Å². The molecule has 1 fully saturated rings. The van der Waals surface area contributed by atoms with Gasteiger partial charge in [0.1, 0.15) is 0 Å². The molecule has 1 N–H and O–H groups in total. The van der Waals surface area contributed by atoms with Crippen LogP contribution in [0.5, 0.6) is 0 Å². The summed E-state index contributed by atoms with van der Waals surface area (Å²) in [7, 11) is 2.09. The van der Waals surface area contributed by atoms with Crippen molar-refractivity contribution in [2.24, 2.45) is 0 Å². The zero-order valence-electron chi connectivity index (χ0n) is 19.2. The second-order valence-electron chi connectivity index (χ2n) is 8.49. The molecule has 1 aromatic carbocycles. The van der Waals surface area contributed by atoms with E-state index in [4.69, 9.17) is 5.26 Å². The third-order valence-corrected chi connectivity index (χ3v) is 6.45. The SMILES string of the molecule is CCN(C)[C@@H]1CCCN(C(=O)c2ccc(-n3[nH]cc(-c4ccc(C#N)cc4C)c3=O)nc2)C1. The van der Waals surface area contributed by atoms with Gasteiger partial charge in [-0.15, -0.1) is 0 Å². The summed E-state index contributed by atoms with van der Waals surface area (Å²) in [4.78, 5) is 34.6. The average molecular weight is 445 g/mol. The zero-order valence-corrected chi connectivity index (χ0v) is 19.2. The van der Waals surface area contributed by atoms with Crippen LogP contribution in [0.3, 0.4) is 0 Å². The molecule has 170 valence electrons. The number of hydrogen-bond acceptors (Lipinski definition) is 5. The molecule has 0 radical (unpaired) electrons. The van der Waals surface area contributed by atoms with Crippen molar-refractivity contribution in [3.8, 4) is 23.0 Å². The first-order valence-corrected chi connectivity index (χ1v) is 11.2. The van der Waals surface area contributed by atoms with Crippen molar-refractivity contribution in [1.29, 1.82) is 5.26 Å². The van der Waals surface area contributed by atoms with Gasteiger partial charge in [0, 0.05) is 31.5 Å². The Kier molecular flexibility index (Phi) is 6.43. The molecule has 3 aromatic rings. The van der Waals surface area contributed by atoms with Crippen LogP contribution >= 0.6 is 0 Å². The highest BCUT2D eigenvalue weighted by molar-refractivity contribution is 5.94. The van der Waals surface area contributed by atoms with E-state index in [-0.39, 0.29) is 11.5 Å². The number of aromatic nitrogens is 3. The molecule has 0 aliphatic carbocycles. The fourth-order valence-corrected chi connectivity index (χ4v) is 4.35. The molecule has 0 bridgehead atoms. The number of benzene rings is 1. The highest BCUT2D eigenvalue weighted by atomic mass is 16.2. The molecule has 1 aliphatic rings. The zero-order chi connectivity index (χ0) is 23.5. The van der Waals surface area contributed by atoms with Crippen molar-refractivity contribution in [3.63, 3.8) is 0 Å². The summed E-state index contributed by atoms with van der Waals surface area (Å²) < 4.78 is 1.36. The lowest BCUT2D eigenvalue weighted by Gasteiger charge is -2.37. The van der Waals surface area contributed by atoms with E-state index in [1.807, 2.05) is 11.8 Å². The quantitative estimate of drug-likeness (QED) is 0.652. The molecule has 3 heterocycles. The lowest BCUT2D eigenvalue weighted by atomic mass is 10.0. The number of aromatic amines is 1. The highest BCUT2D eigenvalue weighted by Crippen LogP contribution is 2.22. The van der Waals surface area contributed by atoms with Gasteiger partial charge in [-0.1, -0.05) is 13.0 Å². The number of aryl methyl sites for hydroxylation is 1. The summed E-state index contributed by atoms with van der Waals surface area (Å²) in [6.07, 6.45) is 5.25. The van der Waals surface area contributed by atoms with E-state index < -0.39 is 0 Å². The largest absolute Gasteiger partial charge is 0.337 e. The Morgan fingerprint density at radius 3 is 2.79 bits per heavy atom. The van der Waals surface area contributed by atoms with Crippen LogP contribution in [0.4, 0.5) is 0 Å². The fourth-order valence-electron chi connectivity index (χ4n) is 4.35. The number of hydrogen-bond donors (Lipinski definition) is 1. The molecule has 2 aromatic heterocycles. The van der Waals surface area contributed by atoms with E-state index in [0.717, 1.165) is 37.1 Å². The molecule has 0 spiro atoms. The minimum atomic E-state index is -0.240. The number of nitriles is 1. The van der Waals surface area contributed by atoms with Gasteiger partial charge in [0.05, 0.1) is 22.8 Å². The Labute approximate surface area is 193 Å². The number of likely N-dealkylation sites (tertiary alicyclic amines) is 1. The minimum Gasteiger partial charge on any atom is -0.337 e. The maximum atomic E-state index is 13.0. The van der Waals surface area contributed by atoms with Crippen LogP contribution in [0.25, 0.3) is 16.9 Å². The van der Waals surface area contributed by atoms with Crippen molar-refractivity contribution in [1.82, 2.24) is 24.6 Å². The second kappa shape index (κ2) is 9.43. The standard InChI is InChI=1S/C25H28N6O2/c1-4-29(3)20-6-5-11-30(16-20)24(32)19-8-10-23(27-14-19)31-25(33)22(15-28-31)21-9-7-18(13-26)12-17(21)2/h7-10,12,14-15,20,28H,4-6,11,16H2,1-3H3/t20-/m1/s1.